The zero-order valence-electron chi connectivity index (χ0n) is 21.0. The Kier molecular flexibility index (Phi) is 6.33. The van der Waals surface area contributed by atoms with E-state index in [2.05, 4.69) is 0 Å². The minimum absolute atomic E-state index is 0.0488. The molecule has 1 saturated carbocycles. The number of β-lactam (4-membered cyclic amide) rings is 1. The van der Waals surface area contributed by atoms with Crippen LogP contribution in [0.4, 0.5) is 10.5 Å². The van der Waals surface area contributed by atoms with Crippen LogP contribution in [0.3, 0.4) is 0 Å². The van der Waals surface area contributed by atoms with Crippen LogP contribution >= 0.6 is 0 Å². The van der Waals surface area contributed by atoms with E-state index in [0.29, 0.717) is 5.92 Å². The minimum Gasteiger partial charge on any atom is -0.497 e. The largest absolute Gasteiger partial charge is 0.497 e. The van der Waals surface area contributed by atoms with Crippen molar-refractivity contribution in [3.05, 3.63) is 96.1 Å². The van der Waals surface area contributed by atoms with Crippen molar-refractivity contribution >= 4 is 17.7 Å². The van der Waals surface area contributed by atoms with Crippen molar-refractivity contribution in [3.8, 4) is 5.75 Å². The standard InChI is InChI=1S/C31H32N2O4/c1-36-25-19-17-24(18-20-25)32-26(21-11-5-2-6-12-21)28(30(32)34)33-27(22-13-7-3-8-14-22)29(37-31(33)35)23-15-9-4-10-16-23/h3-4,7-10,13-21,26-29H,2,5-6,11-12H2,1H3/t26-,27+,28+,29-/m0/s1. The number of hydrogen-bond donors (Lipinski definition) is 0. The Labute approximate surface area is 217 Å². The molecule has 6 heteroatoms. The van der Waals surface area contributed by atoms with Crippen LogP contribution < -0.4 is 9.64 Å². The van der Waals surface area contributed by atoms with E-state index in [1.807, 2.05) is 89.8 Å². The summed E-state index contributed by atoms with van der Waals surface area (Å²) in [6.45, 7) is 0. The molecule has 2 saturated heterocycles. The van der Waals surface area contributed by atoms with E-state index in [1.165, 1.54) is 6.42 Å². The summed E-state index contributed by atoms with van der Waals surface area (Å²) in [7, 11) is 1.64. The first-order valence-electron chi connectivity index (χ1n) is 13.2. The molecule has 0 bridgehead atoms. The van der Waals surface area contributed by atoms with E-state index in [4.69, 9.17) is 9.47 Å². The number of carbonyl (C=O) groups is 2. The van der Waals surface area contributed by atoms with Gasteiger partial charge in [-0.2, -0.15) is 0 Å². The van der Waals surface area contributed by atoms with Crippen LogP contribution in [0.5, 0.6) is 5.75 Å². The Morgan fingerprint density at radius 2 is 1.38 bits per heavy atom. The zero-order chi connectivity index (χ0) is 25.4. The van der Waals surface area contributed by atoms with Crippen LogP contribution in [0.25, 0.3) is 0 Å². The Bertz CT molecular complexity index is 1240. The molecule has 2 heterocycles. The van der Waals surface area contributed by atoms with Crippen LogP contribution in [-0.2, 0) is 9.53 Å². The maximum absolute atomic E-state index is 14.0. The van der Waals surface area contributed by atoms with Crippen LogP contribution in [0, 0.1) is 5.92 Å². The maximum Gasteiger partial charge on any atom is 0.411 e. The van der Waals surface area contributed by atoms with E-state index in [1.54, 1.807) is 12.0 Å². The third-order valence-electron chi connectivity index (χ3n) is 8.19. The smallest absolute Gasteiger partial charge is 0.411 e. The lowest BCUT2D eigenvalue weighted by Gasteiger charge is -2.54. The Morgan fingerprint density at radius 1 is 0.757 bits per heavy atom. The summed E-state index contributed by atoms with van der Waals surface area (Å²) in [6, 6.07) is 26.4. The molecule has 0 aromatic heterocycles. The predicted octanol–water partition coefficient (Wildman–Crippen LogP) is 6.29. The number of methoxy groups -OCH3 is 1. The van der Waals surface area contributed by atoms with E-state index in [0.717, 1.165) is 48.2 Å². The third-order valence-corrected chi connectivity index (χ3v) is 8.19. The lowest BCUT2D eigenvalue weighted by atomic mass is 9.74. The molecule has 3 aliphatic rings. The summed E-state index contributed by atoms with van der Waals surface area (Å²) in [5.41, 5.74) is 2.75. The Morgan fingerprint density at radius 3 is 2.00 bits per heavy atom. The van der Waals surface area contributed by atoms with Crippen LogP contribution in [-0.4, -0.2) is 36.1 Å². The molecule has 3 aromatic carbocycles. The average Bonchev–Trinajstić information content (AvgIpc) is 3.29. The number of amides is 2. The molecule has 4 atom stereocenters. The fraction of sp³-hybridized carbons (Fsp3) is 0.355. The van der Waals surface area contributed by atoms with Gasteiger partial charge in [0.15, 0.2) is 6.10 Å². The van der Waals surface area contributed by atoms with E-state index in [-0.39, 0.29) is 18.0 Å². The normalized spacial score (nSPS) is 26.1. The molecular weight excluding hydrogens is 464 g/mol. The van der Waals surface area contributed by atoms with Crippen molar-refractivity contribution in [2.75, 3.05) is 12.0 Å². The average molecular weight is 497 g/mol. The molecule has 2 amide bonds. The molecule has 0 spiro atoms. The molecule has 3 aromatic rings. The first kappa shape index (κ1) is 23.6. The van der Waals surface area contributed by atoms with Crippen LogP contribution in [0.15, 0.2) is 84.9 Å². The summed E-state index contributed by atoms with van der Waals surface area (Å²) in [6.07, 6.45) is 4.74. The molecule has 190 valence electrons. The molecule has 0 N–H and O–H groups in total. The lowest BCUT2D eigenvalue weighted by molar-refractivity contribution is -0.133. The Hall–Kier alpha value is -3.80. The van der Waals surface area contributed by atoms with E-state index in [9.17, 15) is 9.59 Å². The van der Waals surface area contributed by atoms with Gasteiger partial charge in [0.1, 0.15) is 17.8 Å². The highest BCUT2D eigenvalue weighted by Gasteiger charge is 2.60. The first-order chi connectivity index (χ1) is 18.2. The van der Waals surface area contributed by atoms with Crippen LogP contribution in [0.1, 0.15) is 55.4 Å². The second-order valence-electron chi connectivity index (χ2n) is 10.2. The number of cyclic esters (lactones) is 1. The summed E-state index contributed by atoms with van der Waals surface area (Å²) in [5, 5.41) is 0. The van der Waals surface area contributed by atoms with E-state index >= 15 is 0 Å². The summed E-state index contributed by atoms with van der Waals surface area (Å²) >= 11 is 0. The highest BCUT2D eigenvalue weighted by molar-refractivity contribution is 6.07. The van der Waals surface area contributed by atoms with Gasteiger partial charge in [-0.3, -0.25) is 9.69 Å². The molecule has 3 fully saturated rings. The van der Waals surface area contributed by atoms with Crippen molar-refractivity contribution in [2.24, 2.45) is 5.92 Å². The van der Waals surface area contributed by atoms with Gasteiger partial charge in [-0.15, -0.1) is 0 Å². The summed E-state index contributed by atoms with van der Waals surface area (Å²) in [4.78, 5) is 31.2. The second kappa shape index (κ2) is 9.92. The number of anilines is 1. The van der Waals surface area contributed by atoms with Gasteiger partial charge in [0.25, 0.3) is 5.91 Å². The first-order valence-corrected chi connectivity index (χ1v) is 13.2. The number of carbonyl (C=O) groups excluding carboxylic acids is 2. The molecule has 6 rings (SSSR count). The minimum atomic E-state index is -0.559. The van der Waals surface area contributed by atoms with Crippen molar-refractivity contribution < 1.29 is 19.1 Å². The molecule has 6 nitrogen and oxygen atoms in total. The molecule has 1 aliphatic carbocycles. The summed E-state index contributed by atoms with van der Waals surface area (Å²) in [5.74, 6) is 1.03. The van der Waals surface area contributed by atoms with Gasteiger partial charge in [0.05, 0.1) is 13.2 Å². The third kappa shape index (κ3) is 4.14. The van der Waals surface area contributed by atoms with Crippen LogP contribution in [0.2, 0.25) is 0 Å². The quantitative estimate of drug-likeness (QED) is 0.376. The van der Waals surface area contributed by atoms with Gasteiger partial charge < -0.3 is 14.4 Å². The van der Waals surface area contributed by atoms with Gasteiger partial charge in [-0.25, -0.2) is 4.79 Å². The molecule has 37 heavy (non-hydrogen) atoms. The van der Waals surface area contributed by atoms with Crippen molar-refractivity contribution in [2.45, 2.75) is 56.3 Å². The van der Waals surface area contributed by atoms with Gasteiger partial charge in [0.2, 0.25) is 0 Å². The Balaban J connectivity index is 1.40. The highest BCUT2D eigenvalue weighted by Crippen LogP contribution is 2.49. The van der Waals surface area contributed by atoms with Crippen molar-refractivity contribution in [3.63, 3.8) is 0 Å². The predicted molar refractivity (Wildman–Crippen MR) is 141 cm³/mol. The molecule has 0 radical (unpaired) electrons. The van der Waals surface area contributed by atoms with Crippen molar-refractivity contribution in [1.82, 2.24) is 4.90 Å². The van der Waals surface area contributed by atoms with Gasteiger partial charge >= 0.3 is 6.09 Å². The number of hydrogen-bond acceptors (Lipinski definition) is 4. The zero-order valence-corrected chi connectivity index (χ0v) is 21.0. The number of rotatable bonds is 6. The fourth-order valence-corrected chi connectivity index (χ4v) is 6.42. The molecule has 0 unspecified atom stereocenters. The summed E-state index contributed by atoms with van der Waals surface area (Å²) < 4.78 is 11.4. The molecule has 2 aliphatic heterocycles. The monoisotopic (exact) mass is 496 g/mol. The van der Waals surface area contributed by atoms with Gasteiger partial charge in [-0.05, 0) is 54.2 Å². The number of nitrogens with zero attached hydrogens (tertiary/aromatic N) is 2. The lowest BCUT2D eigenvalue weighted by Crippen LogP contribution is -2.73. The maximum atomic E-state index is 14.0. The number of ether oxygens (including phenoxy) is 2. The SMILES string of the molecule is COc1ccc(N2C(=O)[C@H](N3C(=O)O[C@@H](c4ccccc4)[C@H]3c3ccccc3)[C@@H]2C2CCCCC2)cc1. The molecular formula is C31H32N2O4. The number of benzene rings is 3. The second-order valence-corrected chi connectivity index (χ2v) is 10.2. The van der Waals surface area contributed by atoms with Gasteiger partial charge in [-0.1, -0.05) is 79.9 Å². The highest BCUT2D eigenvalue weighted by atomic mass is 16.6. The fourth-order valence-electron chi connectivity index (χ4n) is 6.42. The van der Waals surface area contributed by atoms with Crippen molar-refractivity contribution in [1.29, 1.82) is 0 Å². The topological polar surface area (TPSA) is 59.1 Å². The van der Waals surface area contributed by atoms with Gasteiger partial charge in [0, 0.05) is 5.69 Å². The van der Waals surface area contributed by atoms with E-state index < -0.39 is 18.2 Å².